The van der Waals surface area contributed by atoms with Crippen LogP contribution in [0.15, 0.2) is 65.6 Å². The maximum absolute atomic E-state index is 13.2. The molecule has 0 saturated carbocycles. The smallest absolute Gasteiger partial charge is 0.365 e. The average molecular weight is 386 g/mol. The van der Waals surface area contributed by atoms with Gasteiger partial charge in [-0.3, -0.25) is 9.59 Å². The molecule has 2 aromatic carbocycles. The summed E-state index contributed by atoms with van der Waals surface area (Å²) in [7, 11) is 0. The lowest BCUT2D eigenvalue weighted by Crippen LogP contribution is -2.29. The highest BCUT2D eigenvalue weighted by molar-refractivity contribution is 6.00. The van der Waals surface area contributed by atoms with E-state index in [0.29, 0.717) is 11.1 Å². The molecule has 0 radical (unpaired) electrons. The number of carbonyl (C=O) groups excluding carboxylic acids is 1. The molecular formula is C21H17F3N2O2. The number of carbonyl (C=O) groups is 1. The van der Waals surface area contributed by atoms with Crippen molar-refractivity contribution in [3.63, 3.8) is 0 Å². The summed E-state index contributed by atoms with van der Waals surface area (Å²) in [6, 6.07) is 14.7. The molecule has 3 rings (SSSR count). The van der Waals surface area contributed by atoms with Gasteiger partial charge < -0.3 is 10.3 Å². The topological polar surface area (TPSA) is 65.1 Å². The summed E-state index contributed by atoms with van der Waals surface area (Å²) in [6.45, 7) is 0.482. The number of primary amides is 1. The molecule has 144 valence electrons. The Hall–Kier alpha value is -3.35. The van der Waals surface area contributed by atoms with Gasteiger partial charge in [0.2, 0.25) is 5.43 Å². The van der Waals surface area contributed by atoms with Crippen molar-refractivity contribution in [1.29, 1.82) is 0 Å². The molecule has 2 N–H and O–H groups in total. The summed E-state index contributed by atoms with van der Waals surface area (Å²) in [5, 5.41) is 0. The molecule has 28 heavy (non-hydrogen) atoms. The number of nitrogens with zero attached hydrogens (tertiary/aromatic N) is 1. The number of pyridine rings is 1. The minimum absolute atomic E-state index is 0.0160. The summed E-state index contributed by atoms with van der Waals surface area (Å²) in [5.74, 6) is -1.08. The molecule has 1 amide bonds. The highest BCUT2D eigenvalue weighted by Crippen LogP contribution is 2.29. The largest absolute Gasteiger partial charge is 0.406 e. The zero-order valence-electron chi connectivity index (χ0n) is 15.0. The van der Waals surface area contributed by atoms with Crippen LogP contribution in [0.1, 0.15) is 15.9 Å². The number of rotatable bonds is 4. The SMILES string of the molecule is Cc1ccc(-c2cn(CC(F)(F)F)c(-c3ccccc3)c(C(N)=O)c2=O)cc1. The van der Waals surface area contributed by atoms with Crippen molar-refractivity contribution in [2.75, 3.05) is 0 Å². The van der Waals surface area contributed by atoms with E-state index in [9.17, 15) is 22.8 Å². The molecule has 7 heteroatoms. The lowest BCUT2D eigenvalue weighted by atomic mass is 9.98. The fourth-order valence-corrected chi connectivity index (χ4v) is 3.06. The Morgan fingerprint density at radius 2 is 1.61 bits per heavy atom. The van der Waals surface area contributed by atoms with E-state index < -0.39 is 29.6 Å². The van der Waals surface area contributed by atoms with Crippen LogP contribution in [0.25, 0.3) is 22.4 Å². The fraction of sp³-hybridized carbons (Fsp3) is 0.143. The zero-order chi connectivity index (χ0) is 20.5. The van der Waals surface area contributed by atoms with Gasteiger partial charge in [-0.1, -0.05) is 60.2 Å². The van der Waals surface area contributed by atoms with E-state index in [1.807, 2.05) is 6.92 Å². The highest BCUT2D eigenvalue weighted by Gasteiger charge is 2.31. The quantitative estimate of drug-likeness (QED) is 0.732. The summed E-state index contributed by atoms with van der Waals surface area (Å²) in [6.07, 6.45) is -3.42. The van der Waals surface area contributed by atoms with E-state index in [4.69, 9.17) is 5.73 Å². The van der Waals surface area contributed by atoms with Gasteiger partial charge in [0.15, 0.2) is 0 Å². The van der Waals surface area contributed by atoms with E-state index in [-0.39, 0.29) is 11.3 Å². The minimum Gasteiger partial charge on any atom is -0.365 e. The molecule has 0 bridgehead atoms. The first kappa shape index (κ1) is 19.4. The van der Waals surface area contributed by atoms with Gasteiger partial charge in [-0.15, -0.1) is 0 Å². The Labute approximate surface area is 159 Å². The monoisotopic (exact) mass is 386 g/mol. The average Bonchev–Trinajstić information content (AvgIpc) is 2.62. The number of hydrogen-bond donors (Lipinski definition) is 1. The number of nitrogens with two attached hydrogens (primary N) is 1. The maximum Gasteiger partial charge on any atom is 0.406 e. The van der Waals surface area contributed by atoms with Gasteiger partial charge in [0.1, 0.15) is 12.1 Å². The lowest BCUT2D eigenvalue weighted by molar-refractivity contribution is -0.140. The molecule has 0 aliphatic rings. The van der Waals surface area contributed by atoms with Gasteiger partial charge in [0.05, 0.1) is 5.69 Å². The highest BCUT2D eigenvalue weighted by atomic mass is 19.4. The van der Waals surface area contributed by atoms with Crippen molar-refractivity contribution in [3.05, 3.63) is 82.1 Å². The summed E-state index contributed by atoms with van der Waals surface area (Å²) < 4.78 is 40.6. The van der Waals surface area contributed by atoms with Gasteiger partial charge in [-0.2, -0.15) is 13.2 Å². The van der Waals surface area contributed by atoms with Crippen LogP contribution < -0.4 is 11.2 Å². The van der Waals surface area contributed by atoms with Gasteiger partial charge in [-0.05, 0) is 18.1 Å². The van der Waals surface area contributed by atoms with Crippen LogP contribution in [0.2, 0.25) is 0 Å². The number of benzene rings is 2. The third-order valence-corrected chi connectivity index (χ3v) is 4.29. The van der Waals surface area contributed by atoms with Gasteiger partial charge >= 0.3 is 6.18 Å². The van der Waals surface area contributed by atoms with E-state index in [1.54, 1.807) is 42.5 Å². The molecule has 3 aromatic rings. The molecule has 0 aliphatic heterocycles. The first-order valence-electron chi connectivity index (χ1n) is 8.44. The summed E-state index contributed by atoms with van der Waals surface area (Å²) in [4.78, 5) is 25.1. The molecule has 0 unspecified atom stereocenters. The first-order valence-corrected chi connectivity index (χ1v) is 8.44. The Balaban J connectivity index is 2.38. The fourth-order valence-electron chi connectivity index (χ4n) is 3.06. The molecule has 0 spiro atoms. The number of amides is 1. The Bertz CT molecular complexity index is 1070. The predicted molar refractivity (Wildman–Crippen MR) is 101 cm³/mol. The summed E-state index contributed by atoms with van der Waals surface area (Å²) in [5.41, 5.74) is 5.73. The Morgan fingerprint density at radius 1 is 1.00 bits per heavy atom. The second-order valence-corrected chi connectivity index (χ2v) is 6.43. The lowest BCUT2D eigenvalue weighted by Gasteiger charge is -2.20. The van der Waals surface area contributed by atoms with Crippen molar-refractivity contribution in [3.8, 4) is 22.4 Å². The van der Waals surface area contributed by atoms with Crippen LogP contribution in [0.4, 0.5) is 13.2 Å². The molecule has 1 heterocycles. The van der Waals surface area contributed by atoms with Crippen LogP contribution in [-0.4, -0.2) is 16.7 Å². The van der Waals surface area contributed by atoms with E-state index in [0.717, 1.165) is 16.3 Å². The molecule has 0 atom stereocenters. The number of aryl methyl sites for hydroxylation is 1. The molecule has 0 aliphatic carbocycles. The van der Waals surface area contributed by atoms with Crippen molar-refractivity contribution in [2.24, 2.45) is 5.73 Å². The third-order valence-electron chi connectivity index (χ3n) is 4.29. The summed E-state index contributed by atoms with van der Waals surface area (Å²) >= 11 is 0. The van der Waals surface area contributed by atoms with Gasteiger partial charge in [0.25, 0.3) is 5.91 Å². The molecule has 1 aromatic heterocycles. The molecule has 0 saturated heterocycles. The number of aromatic nitrogens is 1. The van der Waals surface area contributed by atoms with Crippen LogP contribution in [0, 0.1) is 6.92 Å². The Kier molecular flexibility index (Phi) is 5.09. The van der Waals surface area contributed by atoms with Crippen molar-refractivity contribution < 1.29 is 18.0 Å². The van der Waals surface area contributed by atoms with Crippen LogP contribution in [-0.2, 0) is 6.54 Å². The number of alkyl halides is 3. The second kappa shape index (κ2) is 7.34. The molecular weight excluding hydrogens is 369 g/mol. The van der Waals surface area contributed by atoms with Crippen molar-refractivity contribution in [1.82, 2.24) is 4.57 Å². The Morgan fingerprint density at radius 3 is 2.14 bits per heavy atom. The number of hydrogen-bond acceptors (Lipinski definition) is 2. The van der Waals surface area contributed by atoms with Crippen LogP contribution >= 0.6 is 0 Å². The molecule has 4 nitrogen and oxygen atoms in total. The number of halogens is 3. The van der Waals surface area contributed by atoms with E-state index in [1.165, 1.54) is 12.1 Å². The maximum atomic E-state index is 13.2. The molecule has 0 fully saturated rings. The van der Waals surface area contributed by atoms with Crippen molar-refractivity contribution in [2.45, 2.75) is 19.6 Å². The van der Waals surface area contributed by atoms with Gasteiger partial charge in [0, 0.05) is 11.8 Å². The zero-order valence-corrected chi connectivity index (χ0v) is 15.0. The van der Waals surface area contributed by atoms with E-state index >= 15 is 0 Å². The van der Waals surface area contributed by atoms with E-state index in [2.05, 4.69) is 0 Å². The second-order valence-electron chi connectivity index (χ2n) is 6.43. The minimum atomic E-state index is -4.56. The van der Waals surface area contributed by atoms with Gasteiger partial charge in [-0.25, -0.2) is 0 Å². The third kappa shape index (κ3) is 3.98. The van der Waals surface area contributed by atoms with Crippen LogP contribution in [0.5, 0.6) is 0 Å². The van der Waals surface area contributed by atoms with Crippen LogP contribution in [0.3, 0.4) is 0 Å². The first-order chi connectivity index (χ1) is 13.2. The van der Waals surface area contributed by atoms with Crippen molar-refractivity contribution >= 4 is 5.91 Å². The predicted octanol–water partition coefficient (Wildman–Crippen LogP) is 4.15. The standard InChI is InChI=1S/C21H17F3N2O2/c1-13-7-9-14(10-8-13)16-11-26(12-21(22,23)24)18(15-5-3-2-4-6-15)17(19(16)27)20(25)28/h2-11H,12H2,1H3,(H2,25,28). The normalized spacial score (nSPS) is 11.4.